The van der Waals surface area contributed by atoms with Gasteiger partial charge in [-0.05, 0) is 36.8 Å². The molecule has 0 saturated carbocycles. The van der Waals surface area contributed by atoms with Gasteiger partial charge in [0.05, 0.1) is 31.0 Å². The normalized spacial score (nSPS) is 15.0. The molecule has 1 aliphatic heterocycles. The lowest BCUT2D eigenvalue weighted by Crippen LogP contribution is -2.36. The maximum Gasteiger partial charge on any atom is 0.112 e. The summed E-state index contributed by atoms with van der Waals surface area (Å²) in [6, 6.07) is 9.72. The molecule has 0 amide bonds. The SMILES string of the molecule is Cc1nc2c(N)cc(N3CCOCC3)cc2n1Cc1ccc(Cl)cc1Cl. The number of nitrogens with two attached hydrogens (primary N) is 1. The predicted octanol–water partition coefficient (Wildman–Crippen LogP) is 4.12. The summed E-state index contributed by atoms with van der Waals surface area (Å²) in [5, 5.41) is 1.28. The first-order valence-corrected chi connectivity index (χ1v) is 9.31. The van der Waals surface area contributed by atoms with E-state index in [0.29, 0.717) is 22.3 Å². The van der Waals surface area contributed by atoms with Crippen LogP contribution in [0.5, 0.6) is 0 Å². The smallest absolute Gasteiger partial charge is 0.112 e. The second kappa shape index (κ2) is 6.99. The lowest BCUT2D eigenvalue weighted by Gasteiger charge is -2.29. The van der Waals surface area contributed by atoms with Gasteiger partial charge in [0, 0.05) is 28.8 Å². The van der Waals surface area contributed by atoms with Crippen molar-refractivity contribution in [1.82, 2.24) is 9.55 Å². The van der Waals surface area contributed by atoms with Crippen molar-refractivity contribution in [1.29, 1.82) is 0 Å². The number of benzene rings is 2. The first-order valence-electron chi connectivity index (χ1n) is 8.56. The Kier molecular flexibility index (Phi) is 4.69. The number of morpholine rings is 1. The molecule has 0 atom stereocenters. The molecule has 5 nitrogen and oxygen atoms in total. The monoisotopic (exact) mass is 390 g/mol. The minimum absolute atomic E-state index is 0.615. The highest BCUT2D eigenvalue weighted by Gasteiger charge is 2.17. The van der Waals surface area contributed by atoms with Crippen molar-refractivity contribution < 1.29 is 4.74 Å². The molecule has 2 heterocycles. The molecule has 7 heteroatoms. The van der Waals surface area contributed by atoms with Crippen molar-refractivity contribution in [2.45, 2.75) is 13.5 Å². The van der Waals surface area contributed by atoms with Gasteiger partial charge in [-0.25, -0.2) is 4.98 Å². The third kappa shape index (κ3) is 3.22. The maximum absolute atomic E-state index is 6.37. The Labute approximate surface area is 162 Å². The summed E-state index contributed by atoms with van der Waals surface area (Å²) in [4.78, 5) is 6.96. The molecule has 1 fully saturated rings. The summed E-state index contributed by atoms with van der Waals surface area (Å²) < 4.78 is 7.60. The van der Waals surface area contributed by atoms with E-state index < -0.39 is 0 Å². The Morgan fingerprint density at radius 3 is 2.65 bits per heavy atom. The maximum atomic E-state index is 6.37. The van der Waals surface area contributed by atoms with Crippen molar-refractivity contribution in [2.75, 3.05) is 36.9 Å². The van der Waals surface area contributed by atoms with Crippen molar-refractivity contribution in [3.05, 3.63) is 51.8 Å². The zero-order valence-corrected chi connectivity index (χ0v) is 16.0. The first kappa shape index (κ1) is 17.5. The van der Waals surface area contributed by atoms with Crippen molar-refractivity contribution in [2.24, 2.45) is 0 Å². The van der Waals surface area contributed by atoms with E-state index in [0.717, 1.165) is 54.4 Å². The average molecular weight is 391 g/mol. The van der Waals surface area contributed by atoms with Crippen LogP contribution in [-0.2, 0) is 11.3 Å². The van der Waals surface area contributed by atoms with Gasteiger partial charge in [0.1, 0.15) is 11.3 Å². The number of nitrogen functional groups attached to an aromatic ring is 1. The van der Waals surface area contributed by atoms with Crippen molar-refractivity contribution >= 4 is 45.6 Å². The van der Waals surface area contributed by atoms with Gasteiger partial charge < -0.3 is 19.9 Å². The lowest BCUT2D eigenvalue weighted by molar-refractivity contribution is 0.122. The number of aromatic nitrogens is 2. The number of rotatable bonds is 3. The van der Waals surface area contributed by atoms with E-state index in [-0.39, 0.29) is 0 Å². The molecule has 1 saturated heterocycles. The Morgan fingerprint density at radius 2 is 1.92 bits per heavy atom. The Hall–Kier alpha value is -1.95. The molecule has 3 aromatic rings. The highest BCUT2D eigenvalue weighted by molar-refractivity contribution is 6.35. The largest absolute Gasteiger partial charge is 0.397 e. The fourth-order valence-corrected chi connectivity index (χ4v) is 3.84. The van der Waals surface area contributed by atoms with Crippen LogP contribution in [0.2, 0.25) is 10.0 Å². The van der Waals surface area contributed by atoms with Gasteiger partial charge in [0.15, 0.2) is 0 Å². The van der Waals surface area contributed by atoms with Crippen LogP contribution in [0.25, 0.3) is 11.0 Å². The zero-order valence-electron chi connectivity index (χ0n) is 14.5. The van der Waals surface area contributed by atoms with Gasteiger partial charge in [0.25, 0.3) is 0 Å². The summed E-state index contributed by atoms with van der Waals surface area (Å²) in [6.07, 6.45) is 0. The van der Waals surface area contributed by atoms with Gasteiger partial charge in [-0.15, -0.1) is 0 Å². The quantitative estimate of drug-likeness (QED) is 0.683. The van der Waals surface area contributed by atoms with Crippen LogP contribution in [0.3, 0.4) is 0 Å². The number of anilines is 2. The average Bonchev–Trinajstić information content (AvgIpc) is 2.94. The van der Waals surface area contributed by atoms with Gasteiger partial charge in [-0.2, -0.15) is 0 Å². The molecule has 0 aliphatic carbocycles. The molecule has 1 aliphatic rings. The molecule has 0 bridgehead atoms. The zero-order chi connectivity index (χ0) is 18.3. The summed E-state index contributed by atoms with van der Waals surface area (Å²) in [6.45, 7) is 5.79. The fourth-order valence-electron chi connectivity index (χ4n) is 3.37. The van der Waals surface area contributed by atoms with E-state index in [9.17, 15) is 0 Å². The van der Waals surface area contributed by atoms with Crippen LogP contribution in [0.1, 0.15) is 11.4 Å². The van der Waals surface area contributed by atoms with E-state index in [1.165, 1.54) is 0 Å². The summed E-state index contributed by atoms with van der Waals surface area (Å²) in [5.74, 6) is 0.900. The highest BCUT2D eigenvalue weighted by Crippen LogP contribution is 2.31. The van der Waals surface area contributed by atoms with E-state index in [4.69, 9.17) is 33.7 Å². The number of fused-ring (bicyclic) bond motifs is 1. The van der Waals surface area contributed by atoms with Gasteiger partial charge in [-0.3, -0.25) is 0 Å². The van der Waals surface area contributed by atoms with Gasteiger partial charge in [-0.1, -0.05) is 29.3 Å². The van der Waals surface area contributed by atoms with Crippen LogP contribution in [-0.4, -0.2) is 35.9 Å². The van der Waals surface area contributed by atoms with Crippen LogP contribution >= 0.6 is 23.2 Å². The molecular formula is C19H20Cl2N4O. The molecule has 0 radical (unpaired) electrons. The standard InChI is InChI=1S/C19H20Cl2N4O/c1-12-23-19-17(22)9-15(24-4-6-26-7-5-24)10-18(19)25(12)11-13-2-3-14(20)8-16(13)21/h2-3,8-10H,4-7,11,22H2,1H3. The Balaban J connectivity index is 1.78. The number of hydrogen-bond acceptors (Lipinski definition) is 4. The molecule has 0 spiro atoms. The van der Waals surface area contributed by atoms with Crippen molar-refractivity contribution in [3.63, 3.8) is 0 Å². The number of imidazole rings is 1. The second-order valence-corrected chi connectivity index (χ2v) is 7.33. The van der Waals surface area contributed by atoms with Crippen LogP contribution in [0, 0.1) is 6.92 Å². The topological polar surface area (TPSA) is 56.3 Å². The van der Waals surface area contributed by atoms with E-state index in [1.54, 1.807) is 6.07 Å². The molecule has 2 aromatic carbocycles. The summed E-state index contributed by atoms with van der Waals surface area (Å²) in [5.41, 5.74) is 10.9. The molecule has 2 N–H and O–H groups in total. The number of ether oxygens (including phenoxy) is 1. The number of halogens is 2. The molecule has 136 valence electrons. The third-order valence-corrected chi connectivity index (χ3v) is 5.37. The fraction of sp³-hybridized carbons (Fsp3) is 0.316. The molecule has 0 unspecified atom stereocenters. The van der Waals surface area contributed by atoms with Crippen LogP contribution < -0.4 is 10.6 Å². The highest BCUT2D eigenvalue weighted by atomic mass is 35.5. The molecule has 26 heavy (non-hydrogen) atoms. The Bertz CT molecular complexity index is 964. The number of hydrogen-bond donors (Lipinski definition) is 1. The molecule has 4 rings (SSSR count). The van der Waals surface area contributed by atoms with Gasteiger partial charge in [0.2, 0.25) is 0 Å². The molecular weight excluding hydrogens is 371 g/mol. The van der Waals surface area contributed by atoms with Crippen LogP contribution in [0.15, 0.2) is 30.3 Å². The summed E-state index contributed by atoms with van der Waals surface area (Å²) >= 11 is 12.4. The summed E-state index contributed by atoms with van der Waals surface area (Å²) in [7, 11) is 0. The van der Waals surface area contributed by atoms with Gasteiger partial charge >= 0.3 is 0 Å². The Morgan fingerprint density at radius 1 is 1.15 bits per heavy atom. The van der Waals surface area contributed by atoms with Crippen LogP contribution in [0.4, 0.5) is 11.4 Å². The minimum Gasteiger partial charge on any atom is -0.397 e. The third-order valence-electron chi connectivity index (χ3n) is 4.78. The number of nitrogens with zero attached hydrogens (tertiary/aromatic N) is 3. The molecule has 1 aromatic heterocycles. The number of aryl methyl sites for hydroxylation is 1. The minimum atomic E-state index is 0.615. The second-order valence-electron chi connectivity index (χ2n) is 6.48. The lowest BCUT2D eigenvalue weighted by atomic mass is 10.2. The van der Waals surface area contributed by atoms with E-state index in [2.05, 4.69) is 20.5 Å². The first-order chi connectivity index (χ1) is 12.5. The van der Waals surface area contributed by atoms with Crippen molar-refractivity contribution in [3.8, 4) is 0 Å². The van der Waals surface area contributed by atoms with E-state index >= 15 is 0 Å². The predicted molar refractivity (Wildman–Crippen MR) is 107 cm³/mol. The van der Waals surface area contributed by atoms with E-state index in [1.807, 2.05) is 25.1 Å².